The van der Waals surface area contributed by atoms with Crippen molar-refractivity contribution < 1.29 is 0 Å². The number of nitrogens with zero attached hydrogens (tertiary/aromatic N) is 4. The van der Waals surface area contributed by atoms with Gasteiger partial charge in [-0.1, -0.05) is 86.6 Å². The summed E-state index contributed by atoms with van der Waals surface area (Å²) in [6, 6.07) is 42.5. The van der Waals surface area contributed by atoms with E-state index in [1.807, 2.05) is 36.7 Å². The van der Waals surface area contributed by atoms with Crippen LogP contribution < -0.4 is 0 Å². The first kappa shape index (κ1) is 25.7. The van der Waals surface area contributed by atoms with Crippen molar-refractivity contribution in [2.24, 2.45) is 0 Å². The predicted molar refractivity (Wildman–Crippen MR) is 184 cm³/mol. The fourth-order valence-electron chi connectivity index (χ4n) is 6.98. The second kappa shape index (κ2) is 9.63. The van der Waals surface area contributed by atoms with E-state index in [0.717, 1.165) is 77.6 Å². The van der Waals surface area contributed by atoms with Crippen LogP contribution in [0.15, 0.2) is 134 Å². The fourth-order valence-corrected chi connectivity index (χ4v) is 6.98. The van der Waals surface area contributed by atoms with E-state index in [0.29, 0.717) is 0 Å². The van der Waals surface area contributed by atoms with Gasteiger partial charge in [-0.15, -0.1) is 0 Å². The molecule has 0 spiro atoms. The molecule has 0 saturated carbocycles. The molecule has 0 aliphatic heterocycles. The Labute approximate surface area is 261 Å². The number of pyridine rings is 4. The Kier molecular flexibility index (Phi) is 5.51. The van der Waals surface area contributed by atoms with E-state index in [9.17, 15) is 0 Å². The van der Waals surface area contributed by atoms with Crippen molar-refractivity contribution >= 4 is 32.7 Å². The number of hydrogen-bond acceptors (Lipinski definition) is 4. The third-order valence-corrected chi connectivity index (χ3v) is 9.27. The summed E-state index contributed by atoms with van der Waals surface area (Å²) in [5, 5.41) is 3.35. The van der Waals surface area contributed by atoms with Gasteiger partial charge in [-0.05, 0) is 65.2 Å². The Morgan fingerprint density at radius 1 is 0.467 bits per heavy atom. The predicted octanol–water partition coefficient (Wildman–Crippen LogP) is 10.0. The zero-order valence-corrected chi connectivity index (χ0v) is 25.0. The van der Waals surface area contributed by atoms with Crippen LogP contribution in [0.1, 0.15) is 25.0 Å². The van der Waals surface area contributed by atoms with E-state index < -0.39 is 0 Å². The zero-order chi connectivity index (χ0) is 30.1. The van der Waals surface area contributed by atoms with Crippen LogP contribution in [0.4, 0.5) is 0 Å². The minimum absolute atomic E-state index is 0.270. The van der Waals surface area contributed by atoms with Crippen molar-refractivity contribution in [3.05, 3.63) is 145 Å². The summed E-state index contributed by atoms with van der Waals surface area (Å²) < 4.78 is 0. The minimum Gasteiger partial charge on any atom is -0.256 e. The maximum Gasteiger partial charge on any atom is 0.0759 e. The van der Waals surface area contributed by atoms with Crippen molar-refractivity contribution in [1.82, 2.24) is 19.9 Å². The molecular formula is C41H28N4. The van der Waals surface area contributed by atoms with Crippen LogP contribution in [-0.4, -0.2) is 19.9 Å². The molecule has 45 heavy (non-hydrogen) atoms. The van der Waals surface area contributed by atoms with E-state index in [4.69, 9.17) is 19.9 Å². The standard InChI is InChI=1S/C41H28N4/c1-41(2)33-17-15-28(37-18-16-25-9-3-8-14-36(25)44-37)21-32(33)40-39(41)31(29-19-26-10-4-6-12-34(26)42-23-29)22-38(45-40)30-20-27-11-5-7-13-35(27)43-24-30/h3-24H,1-2H3. The lowest BCUT2D eigenvalue weighted by Gasteiger charge is -2.24. The van der Waals surface area contributed by atoms with Gasteiger partial charge in [0.2, 0.25) is 0 Å². The molecule has 1 aliphatic rings. The molecule has 0 amide bonds. The van der Waals surface area contributed by atoms with Crippen LogP contribution >= 0.6 is 0 Å². The molecular weight excluding hydrogens is 548 g/mol. The maximum absolute atomic E-state index is 5.42. The second-order valence-electron chi connectivity index (χ2n) is 12.4. The number of benzene rings is 4. The van der Waals surface area contributed by atoms with Gasteiger partial charge in [0, 0.05) is 56.2 Å². The van der Waals surface area contributed by atoms with Crippen molar-refractivity contribution in [2.45, 2.75) is 19.3 Å². The Bertz CT molecular complexity index is 2480. The first-order chi connectivity index (χ1) is 22.0. The average Bonchev–Trinajstić information content (AvgIpc) is 3.32. The molecule has 212 valence electrons. The first-order valence-electron chi connectivity index (χ1n) is 15.3. The van der Waals surface area contributed by atoms with Crippen LogP contribution in [0, 0.1) is 0 Å². The maximum atomic E-state index is 5.42. The second-order valence-corrected chi connectivity index (χ2v) is 12.4. The molecule has 0 radical (unpaired) electrons. The average molecular weight is 577 g/mol. The monoisotopic (exact) mass is 576 g/mol. The lowest BCUT2D eigenvalue weighted by atomic mass is 9.79. The molecule has 1 aliphatic carbocycles. The van der Waals surface area contributed by atoms with Gasteiger partial charge in [0.25, 0.3) is 0 Å². The Balaban J connectivity index is 1.30. The van der Waals surface area contributed by atoms with Gasteiger partial charge in [-0.3, -0.25) is 9.97 Å². The summed E-state index contributed by atoms with van der Waals surface area (Å²) in [4.78, 5) is 20.1. The highest BCUT2D eigenvalue weighted by Gasteiger charge is 2.39. The third-order valence-electron chi connectivity index (χ3n) is 9.27. The van der Waals surface area contributed by atoms with Gasteiger partial charge < -0.3 is 0 Å². The third kappa shape index (κ3) is 4.06. The van der Waals surface area contributed by atoms with E-state index in [1.165, 1.54) is 11.1 Å². The smallest absolute Gasteiger partial charge is 0.0759 e. The van der Waals surface area contributed by atoms with Crippen LogP contribution in [0.25, 0.3) is 77.6 Å². The van der Waals surface area contributed by atoms with Crippen molar-refractivity contribution in [1.29, 1.82) is 0 Å². The minimum atomic E-state index is -0.270. The molecule has 0 bridgehead atoms. The summed E-state index contributed by atoms with van der Waals surface area (Å²) in [6.07, 6.45) is 3.94. The highest BCUT2D eigenvalue weighted by Crippen LogP contribution is 2.53. The molecule has 4 heteroatoms. The quantitative estimate of drug-likeness (QED) is 0.210. The molecule has 4 heterocycles. The van der Waals surface area contributed by atoms with Crippen molar-refractivity contribution in [3.8, 4) is 44.9 Å². The first-order valence-corrected chi connectivity index (χ1v) is 15.3. The fraction of sp³-hybridized carbons (Fsp3) is 0.0732. The number of rotatable bonds is 3. The van der Waals surface area contributed by atoms with Gasteiger partial charge >= 0.3 is 0 Å². The molecule has 4 aromatic heterocycles. The molecule has 4 aromatic carbocycles. The molecule has 4 nitrogen and oxygen atoms in total. The summed E-state index contributed by atoms with van der Waals surface area (Å²) in [7, 11) is 0. The highest BCUT2D eigenvalue weighted by molar-refractivity contribution is 5.93. The Morgan fingerprint density at radius 2 is 1.11 bits per heavy atom. The lowest BCUT2D eigenvalue weighted by Crippen LogP contribution is -2.16. The van der Waals surface area contributed by atoms with E-state index >= 15 is 0 Å². The summed E-state index contributed by atoms with van der Waals surface area (Å²) in [5.41, 5.74) is 13.5. The molecule has 0 unspecified atom stereocenters. The van der Waals surface area contributed by atoms with Crippen molar-refractivity contribution in [3.63, 3.8) is 0 Å². The van der Waals surface area contributed by atoms with Gasteiger partial charge in [0.1, 0.15) is 0 Å². The zero-order valence-electron chi connectivity index (χ0n) is 25.0. The molecule has 0 saturated heterocycles. The molecule has 0 N–H and O–H groups in total. The molecule has 0 fully saturated rings. The topological polar surface area (TPSA) is 51.6 Å². The van der Waals surface area contributed by atoms with E-state index in [2.05, 4.69) is 111 Å². The summed E-state index contributed by atoms with van der Waals surface area (Å²) >= 11 is 0. The largest absolute Gasteiger partial charge is 0.256 e. The lowest BCUT2D eigenvalue weighted by molar-refractivity contribution is 0.661. The number of aromatic nitrogens is 4. The molecule has 9 rings (SSSR count). The highest BCUT2D eigenvalue weighted by atomic mass is 14.8. The number of para-hydroxylation sites is 3. The number of fused-ring (bicyclic) bond motifs is 6. The normalized spacial score (nSPS) is 13.3. The number of hydrogen-bond donors (Lipinski definition) is 0. The van der Waals surface area contributed by atoms with Gasteiger partial charge in [-0.25, -0.2) is 9.97 Å². The van der Waals surface area contributed by atoms with Gasteiger partial charge in [0.15, 0.2) is 0 Å². The SMILES string of the molecule is CC1(C)c2ccc(-c3ccc4ccccc4n3)cc2-c2nc(-c3cnc4ccccc4c3)cc(-c3cnc4ccccc4c3)c21. The van der Waals surface area contributed by atoms with Crippen molar-refractivity contribution in [2.75, 3.05) is 0 Å². The van der Waals surface area contributed by atoms with Crippen LogP contribution in [-0.2, 0) is 5.41 Å². The summed E-state index contributed by atoms with van der Waals surface area (Å²) in [5.74, 6) is 0. The Morgan fingerprint density at radius 3 is 1.87 bits per heavy atom. The van der Waals surface area contributed by atoms with Crippen LogP contribution in [0.2, 0.25) is 0 Å². The van der Waals surface area contributed by atoms with Crippen LogP contribution in [0.3, 0.4) is 0 Å². The molecule has 0 atom stereocenters. The van der Waals surface area contributed by atoms with Gasteiger partial charge in [-0.2, -0.15) is 0 Å². The van der Waals surface area contributed by atoms with Gasteiger partial charge in [0.05, 0.1) is 33.6 Å². The molecule has 8 aromatic rings. The Hall–Kier alpha value is -5.74. The van der Waals surface area contributed by atoms with E-state index in [1.54, 1.807) is 0 Å². The van der Waals surface area contributed by atoms with Crippen LogP contribution in [0.5, 0.6) is 0 Å². The van der Waals surface area contributed by atoms with E-state index in [-0.39, 0.29) is 5.41 Å². The summed E-state index contributed by atoms with van der Waals surface area (Å²) in [6.45, 7) is 4.62.